The van der Waals surface area contributed by atoms with Gasteiger partial charge < -0.3 is 20.2 Å². The number of piperazine rings is 1. The van der Waals surface area contributed by atoms with Crippen LogP contribution in [0.2, 0.25) is 0 Å². The molecule has 1 saturated heterocycles. The number of aliphatic imine (C=N–C) groups is 1. The van der Waals surface area contributed by atoms with Gasteiger partial charge in [-0.2, -0.15) is 0 Å². The lowest BCUT2D eigenvalue weighted by atomic mass is 10.1. The van der Waals surface area contributed by atoms with Gasteiger partial charge in [-0.25, -0.2) is 4.39 Å². The molecule has 0 spiro atoms. The minimum atomic E-state index is -0.203. The smallest absolute Gasteiger partial charge is 0.194 e. The predicted molar refractivity (Wildman–Crippen MR) is 123 cm³/mol. The number of guanidine groups is 1. The van der Waals surface area contributed by atoms with Crippen LogP contribution in [0.4, 0.5) is 10.1 Å². The van der Waals surface area contributed by atoms with E-state index in [1.54, 1.807) is 12.1 Å². The number of rotatable bonds is 5. The zero-order valence-electron chi connectivity index (χ0n) is 16.1. The summed E-state index contributed by atoms with van der Waals surface area (Å²) in [5.74, 6) is 1.02. The van der Waals surface area contributed by atoms with Crippen LogP contribution >= 0.6 is 24.0 Å². The molecular weight excluding hydrogens is 470 g/mol. The molecule has 0 unspecified atom stereocenters. The van der Waals surface area contributed by atoms with E-state index in [-0.39, 0.29) is 29.8 Å². The summed E-state index contributed by atoms with van der Waals surface area (Å²) in [5.41, 5.74) is 2.14. The van der Waals surface area contributed by atoms with Crippen molar-refractivity contribution in [2.24, 2.45) is 4.99 Å². The van der Waals surface area contributed by atoms with Gasteiger partial charge in [0, 0.05) is 45.0 Å². The van der Waals surface area contributed by atoms with Crippen molar-refractivity contribution >= 4 is 35.6 Å². The van der Waals surface area contributed by atoms with Gasteiger partial charge >= 0.3 is 0 Å². The van der Waals surface area contributed by atoms with Gasteiger partial charge in [0.15, 0.2) is 5.96 Å². The fourth-order valence-corrected chi connectivity index (χ4v) is 3.26. The van der Waals surface area contributed by atoms with Crippen LogP contribution in [0.3, 0.4) is 0 Å². The van der Waals surface area contributed by atoms with Crippen molar-refractivity contribution in [2.75, 3.05) is 44.2 Å². The van der Waals surface area contributed by atoms with E-state index in [1.165, 1.54) is 12.1 Å². The molecule has 7 heteroatoms. The molecule has 2 N–H and O–H groups in total. The average Bonchev–Trinajstić information content (AvgIpc) is 2.68. The number of nitrogens with zero attached hydrogens (tertiary/aromatic N) is 3. The zero-order valence-corrected chi connectivity index (χ0v) is 18.5. The van der Waals surface area contributed by atoms with Crippen LogP contribution in [0.1, 0.15) is 12.5 Å². The molecule has 3 rings (SSSR count). The Balaban J connectivity index is 0.00000280. The number of phenols is 1. The van der Waals surface area contributed by atoms with E-state index in [9.17, 15) is 9.50 Å². The van der Waals surface area contributed by atoms with Gasteiger partial charge in [0.2, 0.25) is 0 Å². The summed E-state index contributed by atoms with van der Waals surface area (Å²) >= 11 is 0. The van der Waals surface area contributed by atoms with Crippen LogP contribution in [0.5, 0.6) is 5.75 Å². The lowest BCUT2D eigenvalue weighted by Crippen LogP contribution is -2.52. The van der Waals surface area contributed by atoms with Gasteiger partial charge in [-0.15, -0.1) is 24.0 Å². The van der Waals surface area contributed by atoms with Crippen LogP contribution < -0.4 is 10.2 Å². The van der Waals surface area contributed by atoms with Crippen molar-refractivity contribution in [1.82, 2.24) is 10.2 Å². The molecule has 28 heavy (non-hydrogen) atoms. The van der Waals surface area contributed by atoms with Crippen molar-refractivity contribution in [3.63, 3.8) is 0 Å². The van der Waals surface area contributed by atoms with Gasteiger partial charge in [-0.05, 0) is 55.3 Å². The lowest BCUT2D eigenvalue weighted by molar-refractivity contribution is 0.372. The topological polar surface area (TPSA) is 51.1 Å². The van der Waals surface area contributed by atoms with E-state index >= 15 is 0 Å². The second-order valence-electron chi connectivity index (χ2n) is 6.61. The molecule has 0 aromatic heterocycles. The Morgan fingerprint density at radius 2 is 1.82 bits per heavy atom. The van der Waals surface area contributed by atoms with Crippen LogP contribution in [-0.4, -0.2) is 55.2 Å². The predicted octanol–water partition coefficient (Wildman–Crippen LogP) is 3.48. The van der Waals surface area contributed by atoms with Crippen molar-refractivity contribution in [3.05, 3.63) is 59.9 Å². The highest BCUT2D eigenvalue weighted by atomic mass is 127. The third kappa shape index (κ3) is 6.25. The first-order valence-electron chi connectivity index (χ1n) is 9.47. The monoisotopic (exact) mass is 498 g/mol. The molecule has 0 saturated carbocycles. The summed E-state index contributed by atoms with van der Waals surface area (Å²) < 4.78 is 13.1. The fourth-order valence-electron chi connectivity index (χ4n) is 3.26. The SMILES string of the molecule is CCNC(=NCCc1cccc(O)c1)N1CCN(c2ccc(F)cc2)CC1.I. The Bertz CT molecular complexity index is 761. The number of aromatic hydroxyl groups is 1. The number of hydrogen-bond donors (Lipinski definition) is 2. The molecule has 0 amide bonds. The maximum atomic E-state index is 13.1. The van der Waals surface area contributed by atoms with Crippen molar-refractivity contribution < 1.29 is 9.50 Å². The Morgan fingerprint density at radius 3 is 2.46 bits per heavy atom. The van der Waals surface area contributed by atoms with Crippen LogP contribution in [0, 0.1) is 5.82 Å². The molecule has 0 bridgehead atoms. The van der Waals surface area contributed by atoms with Gasteiger partial charge in [-0.3, -0.25) is 4.99 Å². The summed E-state index contributed by atoms with van der Waals surface area (Å²) in [6.45, 7) is 7.06. The number of phenolic OH excluding ortho intramolecular Hbond substituents is 1. The molecule has 0 aliphatic carbocycles. The van der Waals surface area contributed by atoms with E-state index in [0.717, 1.165) is 56.4 Å². The quantitative estimate of drug-likeness (QED) is 0.377. The number of halogens is 2. The second-order valence-corrected chi connectivity index (χ2v) is 6.61. The Kier molecular flexibility index (Phi) is 8.82. The molecule has 1 aliphatic rings. The maximum absolute atomic E-state index is 13.1. The largest absolute Gasteiger partial charge is 0.508 e. The average molecular weight is 498 g/mol. The van der Waals surface area contributed by atoms with Crippen LogP contribution in [-0.2, 0) is 6.42 Å². The molecule has 0 radical (unpaired) electrons. The van der Waals surface area contributed by atoms with E-state index < -0.39 is 0 Å². The Morgan fingerprint density at radius 1 is 1.11 bits per heavy atom. The van der Waals surface area contributed by atoms with Gasteiger partial charge in [-0.1, -0.05) is 12.1 Å². The molecule has 5 nitrogen and oxygen atoms in total. The number of hydrogen-bond acceptors (Lipinski definition) is 3. The lowest BCUT2D eigenvalue weighted by Gasteiger charge is -2.37. The Hall–Kier alpha value is -2.03. The summed E-state index contributed by atoms with van der Waals surface area (Å²) in [6.07, 6.45) is 0.791. The third-order valence-electron chi connectivity index (χ3n) is 4.68. The molecule has 152 valence electrons. The van der Waals surface area contributed by atoms with E-state index in [1.807, 2.05) is 24.3 Å². The first kappa shape index (κ1) is 22.3. The summed E-state index contributed by atoms with van der Waals surface area (Å²) in [7, 11) is 0. The Labute approximate surface area is 183 Å². The van der Waals surface area contributed by atoms with Gasteiger partial charge in [0.05, 0.1) is 0 Å². The van der Waals surface area contributed by atoms with Crippen LogP contribution in [0.15, 0.2) is 53.5 Å². The zero-order chi connectivity index (χ0) is 19.1. The van der Waals surface area contributed by atoms with E-state index in [2.05, 4.69) is 22.0 Å². The number of anilines is 1. The molecule has 1 aliphatic heterocycles. The summed E-state index contributed by atoms with van der Waals surface area (Å²) in [6, 6.07) is 14.0. The van der Waals surface area contributed by atoms with Crippen molar-refractivity contribution in [3.8, 4) is 5.75 Å². The molecule has 2 aromatic carbocycles. The number of benzene rings is 2. The third-order valence-corrected chi connectivity index (χ3v) is 4.68. The highest BCUT2D eigenvalue weighted by Gasteiger charge is 2.19. The number of nitrogens with one attached hydrogen (secondary N) is 1. The maximum Gasteiger partial charge on any atom is 0.194 e. The first-order chi connectivity index (χ1) is 13.2. The van der Waals surface area contributed by atoms with Crippen molar-refractivity contribution in [1.29, 1.82) is 0 Å². The molecule has 2 aromatic rings. The standard InChI is InChI=1S/C21H27FN4O.HI/c1-2-23-21(24-11-10-17-4-3-5-20(27)16-17)26-14-12-25(13-15-26)19-8-6-18(22)7-9-19;/h3-9,16,27H,2,10-15H2,1H3,(H,23,24);1H. The normalized spacial score (nSPS) is 14.6. The molecular formula is C21H28FIN4O. The van der Waals surface area contributed by atoms with Crippen LogP contribution in [0.25, 0.3) is 0 Å². The minimum absolute atomic E-state index is 0. The highest BCUT2D eigenvalue weighted by Crippen LogP contribution is 2.17. The van der Waals surface area contributed by atoms with Gasteiger partial charge in [0.25, 0.3) is 0 Å². The summed E-state index contributed by atoms with van der Waals surface area (Å²) in [5, 5.41) is 12.9. The van der Waals surface area contributed by atoms with Crippen molar-refractivity contribution in [2.45, 2.75) is 13.3 Å². The molecule has 1 fully saturated rings. The second kappa shape index (κ2) is 11.1. The fraction of sp³-hybridized carbons (Fsp3) is 0.381. The summed E-state index contributed by atoms with van der Waals surface area (Å²) in [4.78, 5) is 9.29. The first-order valence-corrected chi connectivity index (χ1v) is 9.47. The van der Waals surface area contributed by atoms with E-state index in [0.29, 0.717) is 12.3 Å². The molecule has 0 atom stereocenters. The highest BCUT2D eigenvalue weighted by molar-refractivity contribution is 14.0. The van der Waals surface area contributed by atoms with Gasteiger partial charge in [0.1, 0.15) is 11.6 Å². The minimum Gasteiger partial charge on any atom is -0.508 e. The molecule has 1 heterocycles. The van der Waals surface area contributed by atoms with E-state index in [4.69, 9.17) is 4.99 Å².